The highest BCUT2D eigenvalue weighted by molar-refractivity contribution is 6.42. The minimum absolute atomic E-state index is 0.0348. The van der Waals surface area contributed by atoms with Gasteiger partial charge in [0.25, 0.3) is 0 Å². The Hall–Kier alpha value is -5.82. The minimum atomic E-state index is -0.114. The second kappa shape index (κ2) is 11.0. The maximum atomic E-state index is 12.3. The van der Waals surface area contributed by atoms with Crippen LogP contribution < -0.4 is 10.4 Å². The lowest BCUT2D eigenvalue weighted by Gasteiger charge is -2.27. The topological polar surface area (TPSA) is 89.1 Å². The number of para-hydroxylation sites is 1. The summed E-state index contributed by atoms with van der Waals surface area (Å²) >= 11 is 0. The molecule has 4 N–H and O–H groups in total. The number of nitrogens with zero attached hydrogens (tertiary/aromatic N) is 2. The average Bonchev–Trinajstić information content (AvgIpc) is 3.47. The average molecular weight is 605 g/mol. The summed E-state index contributed by atoms with van der Waals surface area (Å²) in [6, 6.07) is 35.6. The van der Waals surface area contributed by atoms with E-state index in [1.54, 1.807) is 26.3 Å². The molecule has 0 aliphatic carbocycles. The van der Waals surface area contributed by atoms with Crippen molar-refractivity contribution in [1.82, 2.24) is 4.57 Å². The first-order chi connectivity index (χ1) is 22.2. The first-order valence-corrected chi connectivity index (χ1v) is 15.2. The largest absolute Gasteiger partial charge is 0.507 e. The van der Waals surface area contributed by atoms with Crippen molar-refractivity contribution in [3.63, 3.8) is 0 Å². The molecule has 0 saturated carbocycles. The van der Waals surface area contributed by atoms with Crippen LogP contribution in [0.25, 0.3) is 49.7 Å². The highest BCUT2D eigenvalue weighted by atomic mass is 16.3. The van der Waals surface area contributed by atoms with Gasteiger partial charge < -0.3 is 29.9 Å². The van der Waals surface area contributed by atoms with Crippen molar-refractivity contribution >= 4 is 46.5 Å². The molecule has 226 valence electrons. The first kappa shape index (κ1) is 28.9. The van der Waals surface area contributed by atoms with E-state index in [1.165, 1.54) is 0 Å². The van der Waals surface area contributed by atoms with Crippen molar-refractivity contribution in [2.24, 2.45) is 0 Å². The fourth-order valence-corrected chi connectivity index (χ4v) is 6.66. The van der Waals surface area contributed by atoms with Crippen LogP contribution in [0.3, 0.4) is 0 Å². The third-order valence-corrected chi connectivity index (χ3v) is 9.20. The molecule has 0 radical (unpaired) electrons. The normalized spacial score (nSPS) is 11.4. The van der Waals surface area contributed by atoms with Crippen LogP contribution in [-0.4, -0.2) is 39.9 Å². The lowest BCUT2D eigenvalue weighted by atomic mass is 9.88. The molecule has 0 unspecified atom stereocenters. The van der Waals surface area contributed by atoms with E-state index in [1.807, 2.05) is 121 Å². The van der Waals surface area contributed by atoms with Gasteiger partial charge in [-0.2, -0.15) is 0 Å². The van der Waals surface area contributed by atoms with Gasteiger partial charge in [-0.05, 0) is 65.3 Å². The lowest BCUT2D eigenvalue weighted by molar-refractivity contribution is 0.461. The molecule has 0 amide bonds. The van der Waals surface area contributed by atoms with Crippen molar-refractivity contribution in [3.05, 3.63) is 120 Å². The van der Waals surface area contributed by atoms with Gasteiger partial charge in [0.2, 0.25) is 0 Å². The van der Waals surface area contributed by atoms with Gasteiger partial charge in [-0.3, -0.25) is 0 Å². The van der Waals surface area contributed by atoms with Crippen LogP contribution in [0.1, 0.15) is 11.1 Å². The van der Waals surface area contributed by atoms with Gasteiger partial charge >= 0.3 is 0 Å². The summed E-state index contributed by atoms with van der Waals surface area (Å²) in [6.45, 7) is 3.48. The van der Waals surface area contributed by atoms with Crippen LogP contribution >= 0.6 is 0 Å². The maximum Gasteiger partial charge on any atom is 0.149 e. The van der Waals surface area contributed by atoms with Crippen LogP contribution in [-0.2, 0) is 0 Å². The number of anilines is 2. The van der Waals surface area contributed by atoms with Gasteiger partial charge in [-0.25, -0.2) is 0 Å². The number of phenolic OH excluding ortho intramolecular Hbond substituents is 4. The Kier molecular flexibility index (Phi) is 6.90. The number of rotatable bonds is 5. The Balaban J connectivity index is 1.58. The lowest BCUT2D eigenvalue weighted by Crippen LogP contribution is -2.21. The van der Waals surface area contributed by atoms with Gasteiger partial charge in [-0.1, -0.05) is 91.0 Å². The molecule has 0 bridgehead atoms. The third-order valence-electron chi connectivity index (χ3n) is 9.20. The van der Waals surface area contributed by atoms with E-state index in [0.29, 0.717) is 39.0 Å². The quantitative estimate of drug-likeness (QED) is 0.120. The standard InChI is InChI=1S/C39H33BN2O4/c1-22-23(2)37(44)33-30(36(22)43)31-34(42(33)27-18-12-17-26(21-27)24-13-6-4-7-14-24)39(46)32(40)35(38(31)45)41(3)29-20-11-10-19-28(29)25-15-8-5-9-16-25/h4-21,43-46H,40H2,1-3H3. The molecule has 1 heterocycles. The summed E-state index contributed by atoms with van der Waals surface area (Å²) in [5.41, 5.74) is 7.83. The number of hydrogen-bond acceptors (Lipinski definition) is 5. The highest BCUT2D eigenvalue weighted by Crippen LogP contribution is 2.52. The molecule has 7 heteroatoms. The van der Waals surface area contributed by atoms with E-state index < -0.39 is 0 Å². The molecule has 0 aliphatic heterocycles. The van der Waals surface area contributed by atoms with Crippen molar-refractivity contribution in [3.8, 4) is 50.9 Å². The van der Waals surface area contributed by atoms with Gasteiger partial charge in [0.1, 0.15) is 36.4 Å². The van der Waals surface area contributed by atoms with E-state index in [0.717, 1.165) is 27.9 Å². The monoisotopic (exact) mass is 604 g/mol. The number of hydrogen-bond donors (Lipinski definition) is 4. The first-order valence-electron chi connectivity index (χ1n) is 15.2. The molecular weight excluding hydrogens is 571 g/mol. The Morgan fingerprint density at radius 2 is 1.11 bits per heavy atom. The molecule has 7 rings (SSSR count). The molecular formula is C39H33BN2O4. The van der Waals surface area contributed by atoms with Gasteiger partial charge in [0.05, 0.1) is 22.0 Å². The number of benzene rings is 6. The fourth-order valence-electron chi connectivity index (χ4n) is 6.66. The number of aromatic nitrogens is 1. The van der Waals surface area contributed by atoms with Gasteiger partial charge in [0, 0.05) is 24.0 Å². The Bertz CT molecular complexity index is 2300. The van der Waals surface area contributed by atoms with Crippen molar-refractivity contribution in [1.29, 1.82) is 0 Å². The zero-order valence-corrected chi connectivity index (χ0v) is 26.1. The summed E-state index contributed by atoms with van der Waals surface area (Å²) in [6.07, 6.45) is 0. The molecule has 6 aromatic carbocycles. The van der Waals surface area contributed by atoms with Crippen LogP contribution in [0, 0.1) is 13.8 Å². The van der Waals surface area contributed by atoms with Crippen LogP contribution in [0.2, 0.25) is 0 Å². The second-order valence-corrected chi connectivity index (χ2v) is 11.8. The predicted octanol–water partition coefficient (Wildman–Crippen LogP) is 7.58. The molecule has 0 fully saturated rings. The van der Waals surface area contributed by atoms with E-state index in [4.69, 9.17) is 0 Å². The maximum absolute atomic E-state index is 12.3. The van der Waals surface area contributed by atoms with Crippen molar-refractivity contribution in [2.45, 2.75) is 13.8 Å². The highest BCUT2D eigenvalue weighted by Gasteiger charge is 2.31. The summed E-state index contributed by atoms with van der Waals surface area (Å²) in [7, 11) is 3.62. The number of phenols is 4. The van der Waals surface area contributed by atoms with Crippen LogP contribution in [0.4, 0.5) is 11.4 Å². The van der Waals surface area contributed by atoms with Gasteiger partial charge in [-0.15, -0.1) is 0 Å². The molecule has 0 saturated heterocycles. The molecule has 0 aliphatic rings. The van der Waals surface area contributed by atoms with Crippen molar-refractivity contribution in [2.75, 3.05) is 11.9 Å². The summed E-state index contributed by atoms with van der Waals surface area (Å²) in [5.74, 6) is -0.281. The molecule has 0 spiro atoms. The number of fused-ring (bicyclic) bond motifs is 3. The van der Waals surface area contributed by atoms with E-state index in [2.05, 4.69) is 0 Å². The fraction of sp³-hybridized carbons (Fsp3) is 0.0769. The second-order valence-electron chi connectivity index (χ2n) is 11.8. The Labute approximate surface area is 268 Å². The SMILES string of the molecule is Bc1c(N(C)c2ccccc2-c2ccccc2)c(O)c2c3c(O)c(C)c(C)c(O)c3n(-c3cccc(-c4ccccc4)c3)c2c1O. The van der Waals surface area contributed by atoms with Crippen LogP contribution in [0.5, 0.6) is 23.0 Å². The molecule has 0 atom stereocenters. The zero-order valence-electron chi connectivity index (χ0n) is 26.1. The van der Waals surface area contributed by atoms with E-state index in [9.17, 15) is 20.4 Å². The predicted molar refractivity (Wildman–Crippen MR) is 190 cm³/mol. The van der Waals surface area contributed by atoms with E-state index in [-0.39, 0.29) is 33.8 Å². The molecule has 46 heavy (non-hydrogen) atoms. The molecule has 7 aromatic rings. The smallest absolute Gasteiger partial charge is 0.149 e. The molecule has 6 nitrogen and oxygen atoms in total. The summed E-state index contributed by atoms with van der Waals surface area (Å²) in [5, 5.41) is 48.1. The number of aromatic hydroxyl groups is 4. The van der Waals surface area contributed by atoms with Crippen LogP contribution in [0.15, 0.2) is 109 Å². The third kappa shape index (κ3) is 4.27. The summed E-state index contributed by atoms with van der Waals surface area (Å²) < 4.78 is 1.74. The molecule has 1 aromatic heterocycles. The summed E-state index contributed by atoms with van der Waals surface area (Å²) in [4.78, 5) is 1.86. The van der Waals surface area contributed by atoms with Crippen molar-refractivity contribution < 1.29 is 20.4 Å². The Morgan fingerprint density at radius 3 is 1.80 bits per heavy atom. The minimum Gasteiger partial charge on any atom is -0.507 e. The van der Waals surface area contributed by atoms with Gasteiger partial charge in [0.15, 0.2) is 0 Å². The Morgan fingerprint density at radius 1 is 0.565 bits per heavy atom. The van der Waals surface area contributed by atoms with E-state index >= 15 is 0 Å². The zero-order chi connectivity index (χ0) is 32.3.